The Morgan fingerprint density at radius 1 is 1.43 bits per heavy atom. The number of alkyl halides is 3. The Labute approximate surface area is 122 Å². The molecule has 0 aliphatic rings. The quantitative estimate of drug-likeness (QED) is 0.806. The molecule has 0 amide bonds. The molecule has 0 saturated heterocycles. The summed E-state index contributed by atoms with van der Waals surface area (Å²) in [7, 11) is 0. The number of rotatable bonds is 3. The average molecular weight is 310 g/mol. The second-order valence-electron chi connectivity index (χ2n) is 4.30. The number of aromatic nitrogens is 1. The molecular weight excluding hydrogens is 301 g/mol. The lowest BCUT2D eigenvalue weighted by molar-refractivity contribution is -0.137. The van der Waals surface area contributed by atoms with E-state index in [9.17, 15) is 18.0 Å². The topological polar surface area (TPSA) is 53.8 Å². The molecule has 0 aliphatic carbocycles. The van der Waals surface area contributed by atoms with E-state index in [0.29, 0.717) is 5.01 Å². The van der Waals surface area contributed by atoms with Gasteiger partial charge in [0, 0.05) is 5.38 Å². The monoisotopic (exact) mass is 310 g/mol. The van der Waals surface area contributed by atoms with E-state index in [1.54, 1.807) is 13.0 Å². The molecule has 7 heteroatoms. The highest BCUT2D eigenvalue weighted by Crippen LogP contribution is 2.31. The lowest BCUT2D eigenvalue weighted by atomic mass is 9.93. The Morgan fingerprint density at radius 3 is 2.67 bits per heavy atom. The van der Waals surface area contributed by atoms with Crippen molar-refractivity contribution in [1.82, 2.24) is 4.98 Å². The number of aryl methyl sites for hydroxylation is 1. The maximum atomic E-state index is 12.7. The summed E-state index contributed by atoms with van der Waals surface area (Å²) in [5.41, 5.74) is -0.771. The van der Waals surface area contributed by atoms with Crippen LogP contribution < -0.4 is 0 Å². The highest BCUT2D eigenvalue weighted by Gasteiger charge is 2.32. The van der Waals surface area contributed by atoms with Crippen LogP contribution in [-0.4, -0.2) is 10.8 Å². The van der Waals surface area contributed by atoms with Crippen molar-refractivity contribution in [1.29, 1.82) is 5.26 Å². The zero-order chi connectivity index (χ0) is 15.6. The van der Waals surface area contributed by atoms with E-state index < -0.39 is 23.4 Å². The number of nitriles is 1. The number of nitrogens with zero attached hydrogens (tertiary/aromatic N) is 2. The van der Waals surface area contributed by atoms with E-state index in [2.05, 4.69) is 4.98 Å². The largest absolute Gasteiger partial charge is 0.416 e. The van der Waals surface area contributed by atoms with Crippen LogP contribution in [0.15, 0.2) is 29.6 Å². The molecule has 3 nitrogen and oxygen atoms in total. The minimum atomic E-state index is -4.52. The number of thiazole rings is 1. The zero-order valence-corrected chi connectivity index (χ0v) is 11.6. The summed E-state index contributed by atoms with van der Waals surface area (Å²) in [6, 6.07) is 5.99. The Balaban J connectivity index is 2.39. The summed E-state index contributed by atoms with van der Waals surface area (Å²) in [4.78, 5) is 16.2. The number of Topliss-reactive ketones (excluding diaryl/α,β-unsaturated/α-hetero) is 1. The Bertz CT molecular complexity index is 715. The van der Waals surface area contributed by atoms with Crippen LogP contribution in [0.3, 0.4) is 0 Å². The summed E-state index contributed by atoms with van der Waals surface area (Å²) in [6.07, 6.45) is -4.52. The minimum absolute atomic E-state index is 0.0166. The fraction of sp³-hybridized carbons (Fsp3) is 0.214. The summed E-state index contributed by atoms with van der Waals surface area (Å²) in [5, 5.41) is 11.3. The lowest BCUT2D eigenvalue weighted by Gasteiger charge is -2.11. The fourth-order valence-electron chi connectivity index (χ4n) is 1.80. The van der Waals surface area contributed by atoms with Crippen molar-refractivity contribution in [3.8, 4) is 6.07 Å². The van der Waals surface area contributed by atoms with Crippen LogP contribution >= 0.6 is 11.3 Å². The second-order valence-corrected chi connectivity index (χ2v) is 5.36. The van der Waals surface area contributed by atoms with E-state index in [0.717, 1.165) is 12.1 Å². The first-order valence-electron chi connectivity index (χ1n) is 5.86. The molecule has 0 aliphatic heterocycles. The molecule has 0 N–H and O–H groups in total. The van der Waals surface area contributed by atoms with Gasteiger partial charge in [-0.15, -0.1) is 11.3 Å². The fourth-order valence-corrected chi connectivity index (χ4v) is 2.41. The average Bonchev–Trinajstić information content (AvgIpc) is 2.85. The molecule has 1 aromatic carbocycles. The number of benzene rings is 1. The van der Waals surface area contributed by atoms with Crippen molar-refractivity contribution in [2.45, 2.75) is 19.0 Å². The number of ketones is 1. The molecule has 108 valence electrons. The minimum Gasteiger partial charge on any atom is -0.291 e. The molecule has 1 atom stereocenters. The van der Waals surface area contributed by atoms with Gasteiger partial charge in [-0.05, 0) is 18.6 Å². The molecule has 2 aromatic rings. The van der Waals surface area contributed by atoms with Crippen LogP contribution in [0, 0.1) is 18.3 Å². The number of halogens is 3. The summed E-state index contributed by atoms with van der Waals surface area (Å²) in [6.45, 7) is 1.70. The van der Waals surface area contributed by atoms with Gasteiger partial charge in [0.1, 0.15) is 11.6 Å². The third kappa shape index (κ3) is 3.28. The SMILES string of the molecule is Cc1nc(C(=O)C(C#N)c2cccc(C(F)(F)F)c2)cs1. The summed E-state index contributed by atoms with van der Waals surface area (Å²) >= 11 is 1.24. The molecular formula is C14H9F3N2OS. The number of hydrogen-bond acceptors (Lipinski definition) is 4. The number of carbonyl (C=O) groups is 1. The smallest absolute Gasteiger partial charge is 0.291 e. The third-order valence-corrected chi connectivity index (χ3v) is 3.58. The van der Waals surface area contributed by atoms with Crippen LogP contribution in [0.25, 0.3) is 0 Å². The maximum Gasteiger partial charge on any atom is 0.416 e. The predicted molar refractivity (Wildman–Crippen MR) is 71.0 cm³/mol. The van der Waals surface area contributed by atoms with Gasteiger partial charge in [-0.1, -0.05) is 18.2 Å². The predicted octanol–water partition coefficient (Wildman–Crippen LogP) is 3.96. The van der Waals surface area contributed by atoms with Gasteiger partial charge in [-0.3, -0.25) is 4.79 Å². The standard InChI is InChI=1S/C14H9F3N2OS/c1-8-19-12(7-21-8)13(20)11(6-18)9-3-2-4-10(5-9)14(15,16)17/h2-5,7,11H,1H3. The molecule has 0 bridgehead atoms. The summed E-state index contributed by atoms with van der Waals surface area (Å²) in [5.74, 6) is -1.89. The van der Waals surface area contributed by atoms with E-state index in [4.69, 9.17) is 5.26 Å². The first kappa shape index (κ1) is 15.2. The molecule has 0 radical (unpaired) electrons. The zero-order valence-electron chi connectivity index (χ0n) is 10.8. The number of hydrogen-bond donors (Lipinski definition) is 0. The van der Waals surface area contributed by atoms with Crippen molar-refractivity contribution < 1.29 is 18.0 Å². The van der Waals surface area contributed by atoms with Crippen molar-refractivity contribution in [2.24, 2.45) is 0 Å². The summed E-state index contributed by atoms with van der Waals surface area (Å²) < 4.78 is 38.1. The molecule has 1 aromatic heterocycles. The van der Waals surface area contributed by atoms with Crippen molar-refractivity contribution in [3.05, 3.63) is 51.5 Å². The molecule has 1 unspecified atom stereocenters. The molecule has 2 rings (SSSR count). The molecule has 0 saturated carbocycles. The van der Waals surface area contributed by atoms with Gasteiger partial charge in [0.15, 0.2) is 0 Å². The Kier molecular flexibility index (Phi) is 4.09. The van der Waals surface area contributed by atoms with E-state index in [1.807, 2.05) is 0 Å². The van der Waals surface area contributed by atoms with Crippen molar-refractivity contribution in [2.75, 3.05) is 0 Å². The van der Waals surface area contributed by atoms with Crippen molar-refractivity contribution in [3.63, 3.8) is 0 Å². The van der Waals surface area contributed by atoms with Gasteiger partial charge in [-0.25, -0.2) is 4.98 Å². The first-order valence-corrected chi connectivity index (χ1v) is 6.74. The van der Waals surface area contributed by atoms with Gasteiger partial charge in [0.25, 0.3) is 0 Å². The Morgan fingerprint density at radius 2 is 2.14 bits per heavy atom. The van der Waals surface area contributed by atoms with Gasteiger partial charge in [-0.2, -0.15) is 18.4 Å². The van der Waals surface area contributed by atoms with E-state index in [1.165, 1.54) is 28.8 Å². The second kappa shape index (κ2) is 5.66. The molecule has 0 spiro atoms. The van der Waals surface area contributed by atoms with Gasteiger partial charge in [0.2, 0.25) is 5.78 Å². The molecule has 1 heterocycles. The molecule has 0 fully saturated rings. The van der Waals surface area contributed by atoms with Crippen LogP contribution in [0.5, 0.6) is 0 Å². The van der Waals surface area contributed by atoms with E-state index in [-0.39, 0.29) is 11.3 Å². The van der Waals surface area contributed by atoms with Crippen LogP contribution in [0.1, 0.15) is 32.5 Å². The first-order chi connectivity index (χ1) is 9.82. The van der Waals surface area contributed by atoms with Gasteiger partial charge < -0.3 is 0 Å². The highest BCUT2D eigenvalue weighted by atomic mass is 32.1. The highest BCUT2D eigenvalue weighted by molar-refractivity contribution is 7.09. The Hall–Kier alpha value is -2.20. The van der Waals surface area contributed by atoms with Crippen molar-refractivity contribution >= 4 is 17.1 Å². The third-order valence-electron chi connectivity index (χ3n) is 2.81. The molecule has 21 heavy (non-hydrogen) atoms. The number of carbonyl (C=O) groups excluding carboxylic acids is 1. The van der Waals surface area contributed by atoms with E-state index >= 15 is 0 Å². The van der Waals surface area contributed by atoms with Crippen LogP contribution in [0.4, 0.5) is 13.2 Å². The van der Waals surface area contributed by atoms with Crippen LogP contribution in [-0.2, 0) is 6.18 Å². The maximum absolute atomic E-state index is 12.7. The lowest BCUT2D eigenvalue weighted by Crippen LogP contribution is -2.13. The van der Waals surface area contributed by atoms with Gasteiger partial charge >= 0.3 is 6.18 Å². The van der Waals surface area contributed by atoms with Gasteiger partial charge in [0.05, 0.1) is 16.6 Å². The van der Waals surface area contributed by atoms with Crippen LogP contribution in [0.2, 0.25) is 0 Å². The normalized spacial score (nSPS) is 12.7.